The normalized spacial score (nSPS) is 15.8. The molecule has 1 saturated heterocycles. The van der Waals surface area contributed by atoms with Crippen LogP contribution in [0.1, 0.15) is 11.1 Å². The third-order valence-electron chi connectivity index (χ3n) is 4.98. The molecule has 0 unspecified atom stereocenters. The number of hydrogen-bond acceptors (Lipinski definition) is 4. The summed E-state index contributed by atoms with van der Waals surface area (Å²) in [6.07, 6.45) is 0. The first kappa shape index (κ1) is 20.3. The zero-order valence-corrected chi connectivity index (χ0v) is 17.8. The first-order chi connectivity index (χ1) is 12.8. The Labute approximate surface area is 170 Å². The number of halogens is 2. The van der Waals surface area contributed by atoms with Crippen LogP contribution >= 0.6 is 23.2 Å². The predicted octanol–water partition coefficient (Wildman–Crippen LogP) is 4.13. The van der Waals surface area contributed by atoms with Gasteiger partial charge in [0.15, 0.2) is 0 Å². The van der Waals surface area contributed by atoms with E-state index >= 15 is 0 Å². The fraction of sp³-hybridized carbons (Fsp3) is 0.368. The van der Waals surface area contributed by atoms with Gasteiger partial charge in [-0.25, -0.2) is 8.42 Å². The molecular weight excluding hydrogens is 407 g/mol. The van der Waals surface area contributed by atoms with Crippen molar-refractivity contribution < 1.29 is 13.2 Å². The van der Waals surface area contributed by atoms with E-state index in [9.17, 15) is 8.42 Å². The standard InChI is InChI=1S/C19H22Cl2N2O3S/c1-13-5-4-6-17(14(13)2)22-7-9-23(10-8-22)27(24,25)19-12-15(20)18(26-3)11-16(19)21/h4-6,11-12H,7-10H2,1-3H3. The molecule has 2 aromatic rings. The minimum absolute atomic E-state index is 0.00940. The van der Waals surface area contributed by atoms with Gasteiger partial charge < -0.3 is 9.64 Å². The lowest BCUT2D eigenvalue weighted by atomic mass is 10.1. The monoisotopic (exact) mass is 428 g/mol. The molecule has 0 saturated carbocycles. The Morgan fingerprint density at radius 2 is 1.67 bits per heavy atom. The first-order valence-corrected chi connectivity index (χ1v) is 10.8. The van der Waals surface area contributed by atoms with Crippen molar-refractivity contribution in [3.8, 4) is 5.75 Å². The molecule has 5 nitrogen and oxygen atoms in total. The molecule has 146 valence electrons. The van der Waals surface area contributed by atoms with Crippen molar-refractivity contribution in [2.24, 2.45) is 0 Å². The highest BCUT2D eigenvalue weighted by Crippen LogP contribution is 2.35. The van der Waals surface area contributed by atoms with Crippen LogP contribution in [0.5, 0.6) is 5.75 Å². The maximum atomic E-state index is 13.0. The third-order valence-corrected chi connectivity index (χ3v) is 7.64. The Hall–Kier alpha value is -1.47. The summed E-state index contributed by atoms with van der Waals surface area (Å²) in [6, 6.07) is 8.97. The Bertz CT molecular complexity index is 956. The van der Waals surface area contributed by atoms with Crippen molar-refractivity contribution in [3.63, 3.8) is 0 Å². The lowest BCUT2D eigenvalue weighted by Crippen LogP contribution is -2.48. The Morgan fingerprint density at radius 3 is 2.30 bits per heavy atom. The van der Waals surface area contributed by atoms with Crippen molar-refractivity contribution in [2.45, 2.75) is 18.7 Å². The van der Waals surface area contributed by atoms with Crippen molar-refractivity contribution in [1.29, 1.82) is 0 Å². The molecule has 3 rings (SSSR count). The number of piperazine rings is 1. The number of nitrogens with zero attached hydrogens (tertiary/aromatic N) is 2. The van der Waals surface area contributed by atoms with Gasteiger partial charge in [-0.05, 0) is 37.1 Å². The molecule has 0 aliphatic carbocycles. The Balaban J connectivity index is 1.81. The maximum Gasteiger partial charge on any atom is 0.244 e. The quantitative estimate of drug-likeness (QED) is 0.734. The largest absolute Gasteiger partial charge is 0.495 e. The van der Waals surface area contributed by atoms with Gasteiger partial charge in [-0.3, -0.25) is 0 Å². The molecule has 0 spiro atoms. The lowest BCUT2D eigenvalue weighted by molar-refractivity contribution is 0.384. The van der Waals surface area contributed by atoms with E-state index in [2.05, 4.69) is 30.9 Å². The molecule has 27 heavy (non-hydrogen) atoms. The average Bonchev–Trinajstić information content (AvgIpc) is 2.65. The average molecular weight is 429 g/mol. The summed E-state index contributed by atoms with van der Waals surface area (Å²) in [5.41, 5.74) is 3.60. The van der Waals surface area contributed by atoms with Crippen LogP contribution in [0.15, 0.2) is 35.2 Å². The number of methoxy groups -OCH3 is 1. The Kier molecular flexibility index (Phi) is 5.91. The SMILES string of the molecule is COc1cc(Cl)c(S(=O)(=O)N2CCN(c3cccc(C)c3C)CC2)cc1Cl. The number of rotatable bonds is 4. The van der Waals surface area contributed by atoms with Crippen molar-refractivity contribution >= 4 is 38.9 Å². The number of anilines is 1. The van der Waals surface area contributed by atoms with Gasteiger partial charge in [0.05, 0.1) is 17.2 Å². The van der Waals surface area contributed by atoms with Gasteiger partial charge in [0.1, 0.15) is 10.6 Å². The van der Waals surface area contributed by atoms with Gasteiger partial charge in [0.25, 0.3) is 0 Å². The van der Waals surface area contributed by atoms with E-state index in [-0.39, 0.29) is 14.9 Å². The van der Waals surface area contributed by atoms with Crippen LogP contribution in [0.4, 0.5) is 5.69 Å². The van der Waals surface area contributed by atoms with E-state index in [1.165, 1.54) is 34.7 Å². The van der Waals surface area contributed by atoms with Crippen LogP contribution in [0.3, 0.4) is 0 Å². The molecule has 2 aromatic carbocycles. The molecule has 1 aliphatic rings. The predicted molar refractivity (Wildman–Crippen MR) is 110 cm³/mol. The summed E-state index contributed by atoms with van der Waals surface area (Å²) in [7, 11) is -2.27. The van der Waals surface area contributed by atoms with Crippen LogP contribution in [0.2, 0.25) is 10.0 Å². The second kappa shape index (κ2) is 7.87. The maximum absolute atomic E-state index is 13.0. The van der Waals surface area contributed by atoms with E-state index in [0.29, 0.717) is 31.9 Å². The van der Waals surface area contributed by atoms with Crippen LogP contribution < -0.4 is 9.64 Å². The van der Waals surface area contributed by atoms with Crippen LogP contribution in [0, 0.1) is 13.8 Å². The van der Waals surface area contributed by atoms with E-state index in [4.69, 9.17) is 27.9 Å². The zero-order valence-electron chi connectivity index (χ0n) is 15.5. The van der Waals surface area contributed by atoms with Crippen molar-refractivity contribution in [3.05, 3.63) is 51.5 Å². The molecule has 0 amide bonds. The summed E-state index contributed by atoms with van der Waals surface area (Å²) in [6.45, 7) is 6.17. The van der Waals surface area contributed by atoms with Gasteiger partial charge in [-0.15, -0.1) is 0 Å². The molecule has 8 heteroatoms. The second-order valence-corrected chi connectivity index (χ2v) is 9.25. The summed E-state index contributed by atoms with van der Waals surface area (Å²) in [5, 5.41) is 0.322. The second-order valence-electron chi connectivity index (χ2n) is 6.53. The zero-order chi connectivity index (χ0) is 19.8. The number of aryl methyl sites for hydroxylation is 1. The highest BCUT2D eigenvalue weighted by molar-refractivity contribution is 7.89. The lowest BCUT2D eigenvalue weighted by Gasteiger charge is -2.36. The summed E-state index contributed by atoms with van der Waals surface area (Å²) in [5.74, 6) is 0.348. The highest BCUT2D eigenvalue weighted by Gasteiger charge is 2.31. The summed E-state index contributed by atoms with van der Waals surface area (Å²) >= 11 is 12.3. The van der Waals surface area contributed by atoms with Crippen molar-refractivity contribution in [2.75, 3.05) is 38.2 Å². The molecule has 0 N–H and O–H groups in total. The molecule has 0 atom stereocenters. The molecule has 0 aromatic heterocycles. The topological polar surface area (TPSA) is 49.9 Å². The number of ether oxygens (including phenoxy) is 1. The molecule has 0 radical (unpaired) electrons. The smallest absolute Gasteiger partial charge is 0.244 e. The van der Waals surface area contributed by atoms with Crippen LogP contribution in [-0.4, -0.2) is 46.0 Å². The van der Waals surface area contributed by atoms with Gasteiger partial charge in [-0.1, -0.05) is 35.3 Å². The van der Waals surface area contributed by atoms with Gasteiger partial charge in [-0.2, -0.15) is 4.31 Å². The van der Waals surface area contributed by atoms with Gasteiger partial charge in [0, 0.05) is 37.9 Å². The molecule has 1 heterocycles. The minimum atomic E-state index is -3.73. The number of benzene rings is 2. The summed E-state index contributed by atoms with van der Waals surface area (Å²) in [4.78, 5) is 2.23. The minimum Gasteiger partial charge on any atom is -0.495 e. The first-order valence-electron chi connectivity index (χ1n) is 8.60. The van der Waals surface area contributed by atoms with E-state index in [1.54, 1.807) is 0 Å². The molecular formula is C19H22Cl2N2O3S. The van der Waals surface area contributed by atoms with Gasteiger partial charge in [0.2, 0.25) is 10.0 Å². The van der Waals surface area contributed by atoms with Crippen LogP contribution in [-0.2, 0) is 10.0 Å². The highest BCUT2D eigenvalue weighted by atomic mass is 35.5. The summed E-state index contributed by atoms with van der Waals surface area (Å²) < 4.78 is 32.6. The fourth-order valence-corrected chi connectivity index (χ4v) is 5.50. The van der Waals surface area contributed by atoms with Crippen LogP contribution in [0.25, 0.3) is 0 Å². The van der Waals surface area contributed by atoms with Crippen molar-refractivity contribution in [1.82, 2.24) is 4.31 Å². The van der Waals surface area contributed by atoms with Gasteiger partial charge >= 0.3 is 0 Å². The molecule has 1 aliphatic heterocycles. The van der Waals surface area contributed by atoms with E-state index in [0.717, 1.165) is 5.69 Å². The third kappa shape index (κ3) is 3.90. The van der Waals surface area contributed by atoms with E-state index in [1.807, 2.05) is 6.07 Å². The Morgan fingerprint density at radius 1 is 1.00 bits per heavy atom. The van der Waals surface area contributed by atoms with E-state index < -0.39 is 10.0 Å². The molecule has 0 bridgehead atoms. The number of sulfonamides is 1. The molecule has 1 fully saturated rings. The fourth-order valence-electron chi connectivity index (χ4n) is 3.25. The number of hydrogen-bond donors (Lipinski definition) is 0.